The maximum absolute atomic E-state index is 13.6. The van der Waals surface area contributed by atoms with Crippen molar-refractivity contribution in [2.24, 2.45) is 5.73 Å². The molecule has 0 radical (unpaired) electrons. The van der Waals surface area contributed by atoms with Crippen LogP contribution in [0.1, 0.15) is 18.2 Å². The number of nitrogens with one attached hydrogen (secondary N) is 1. The summed E-state index contributed by atoms with van der Waals surface area (Å²) in [6.07, 6.45) is 0. The average molecular weight is 262 g/mol. The molecular weight excluding hydrogens is 247 g/mol. The van der Waals surface area contributed by atoms with Crippen molar-refractivity contribution >= 4 is 5.84 Å². The number of nitrogens with two attached hydrogens (primary N) is 1. The maximum atomic E-state index is 13.6. The second kappa shape index (κ2) is 5.51. The highest BCUT2D eigenvalue weighted by molar-refractivity contribution is 5.93. The number of halogens is 1. The number of aromatic nitrogens is 2. The predicted molar refractivity (Wildman–Crippen MR) is 69.9 cm³/mol. The molecular formula is C13H15FN4O. The third kappa shape index (κ3) is 2.90. The summed E-state index contributed by atoms with van der Waals surface area (Å²) in [5.74, 6) is 0.0222. The molecule has 6 heteroatoms. The van der Waals surface area contributed by atoms with Crippen LogP contribution < -0.4 is 10.5 Å². The number of hydrogen-bond acceptors (Lipinski definition) is 3. The molecule has 0 aliphatic carbocycles. The first-order valence-corrected chi connectivity index (χ1v) is 5.90. The van der Waals surface area contributed by atoms with Crippen molar-refractivity contribution in [2.45, 2.75) is 13.5 Å². The van der Waals surface area contributed by atoms with Gasteiger partial charge in [0, 0.05) is 11.6 Å². The zero-order valence-electron chi connectivity index (χ0n) is 10.6. The Morgan fingerprint density at radius 1 is 1.47 bits per heavy atom. The van der Waals surface area contributed by atoms with Gasteiger partial charge in [0.25, 0.3) is 0 Å². The molecule has 0 fully saturated rings. The number of hydrogen-bond donors (Lipinski definition) is 2. The fraction of sp³-hybridized carbons (Fsp3) is 0.231. The van der Waals surface area contributed by atoms with Gasteiger partial charge in [0.1, 0.15) is 17.3 Å². The second-order valence-electron chi connectivity index (χ2n) is 3.96. The number of benzene rings is 1. The topological polar surface area (TPSA) is 76.9 Å². The van der Waals surface area contributed by atoms with Crippen molar-refractivity contribution < 1.29 is 9.13 Å². The van der Waals surface area contributed by atoms with E-state index in [1.54, 1.807) is 24.3 Å². The molecule has 3 N–H and O–H groups in total. The van der Waals surface area contributed by atoms with Crippen molar-refractivity contribution in [1.82, 2.24) is 9.78 Å². The van der Waals surface area contributed by atoms with Gasteiger partial charge in [-0.05, 0) is 13.0 Å². The van der Waals surface area contributed by atoms with Gasteiger partial charge in [-0.3, -0.25) is 5.41 Å². The van der Waals surface area contributed by atoms with E-state index in [2.05, 4.69) is 5.10 Å². The lowest BCUT2D eigenvalue weighted by Crippen LogP contribution is -2.13. The highest BCUT2D eigenvalue weighted by Gasteiger charge is 2.12. The van der Waals surface area contributed by atoms with Gasteiger partial charge in [0.2, 0.25) is 5.88 Å². The molecule has 19 heavy (non-hydrogen) atoms. The Morgan fingerprint density at radius 3 is 2.84 bits per heavy atom. The second-order valence-corrected chi connectivity index (χ2v) is 3.96. The molecule has 1 aromatic carbocycles. The van der Waals surface area contributed by atoms with Crippen LogP contribution >= 0.6 is 0 Å². The summed E-state index contributed by atoms with van der Waals surface area (Å²) in [4.78, 5) is 0. The third-order valence-corrected chi connectivity index (χ3v) is 2.59. The van der Waals surface area contributed by atoms with E-state index in [0.29, 0.717) is 23.7 Å². The van der Waals surface area contributed by atoms with E-state index in [1.807, 2.05) is 6.92 Å². The van der Waals surface area contributed by atoms with E-state index in [9.17, 15) is 4.39 Å². The smallest absolute Gasteiger partial charge is 0.212 e. The van der Waals surface area contributed by atoms with Crippen LogP contribution in [0.4, 0.5) is 4.39 Å². The Hall–Kier alpha value is -2.37. The van der Waals surface area contributed by atoms with E-state index in [4.69, 9.17) is 15.9 Å². The molecule has 0 aliphatic heterocycles. The van der Waals surface area contributed by atoms with Gasteiger partial charge in [0.05, 0.1) is 13.2 Å². The number of ether oxygens (including phenoxy) is 1. The van der Waals surface area contributed by atoms with E-state index < -0.39 is 0 Å². The molecule has 100 valence electrons. The van der Waals surface area contributed by atoms with E-state index >= 15 is 0 Å². The lowest BCUT2D eigenvalue weighted by atomic mass is 10.2. The maximum Gasteiger partial charge on any atom is 0.212 e. The first-order valence-electron chi connectivity index (χ1n) is 5.90. The standard InChI is InChI=1S/C13H15FN4O/c1-2-19-12-7-11(13(15)16)17-18(12)8-9-5-3-4-6-10(9)14/h3-7H,2,8H2,1H3,(H3,15,16). The number of amidine groups is 1. The summed E-state index contributed by atoms with van der Waals surface area (Å²) in [5, 5.41) is 11.5. The molecule has 0 saturated heterocycles. The van der Waals surface area contributed by atoms with Crippen molar-refractivity contribution in [3.63, 3.8) is 0 Å². The molecule has 0 saturated carbocycles. The predicted octanol–water partition coefficient (Wildman–Crippen LogP) is 1.75. The molecule has 5 nitrogen and oxygen atoms in total. The highest BCUT2D eigenvalue weighted by Crippen LogP contribution is 2.17. The molecule has 2 aromatic rings. The summed E-state index contributed by atoms with van der Waals surface area (Å²) in [5.41, 5.74) is 6.21. The van der Waals surface area contributed by atoms with Gasteiger partial charge in [-0.15, -0.1) is 0 Å². The van der Waals surface area contributed by atoms with Crippen LogP contribution in [0.2, 0.25) is 0 Å². The Balaban J connectivity index is 2.33. The zero-order chi connectivity index (χ0) is 13.8. The Bertz CT molecular complexity index is 594. The lowest BCUT2D eigenvalue weighted by molar-refractivity contribution is 0.304. The minimum Gasteiger partial charge on any atom is -0.478 e. The molecule has 1 heterocycles. The van der Waals surface area contributed by atoms with Crippen molar-refractivity contribution in [1.29, 1.82) is 5.41 Å². The fourth-order valence-corrected chi connectivity index (χ4v) is 1.70. The van der Waals surface area contributed by atoms with Crippen molar-refractivity contribution in [3.8, 4) is 5.88 Å². The highest BCUT2D eigenvalue weighted by atomic mass is 19.1. The minimum atomic E-state index is -0.301. The molecule has 0 unspecified atom stereocenters. The van der Waals surface area contributed by atoms with Crippen LogP contribution in [0.3, 0.4) is 0 Å². The molecule has 0 atom stereocenters. The molecule has 0 spiro atoms. The van der Waals surface area contributed by atoms with Gasteiger partial charge >= 0.3 is 0 Å². The normalized spacial score (nSPS) is 10.4. The van der Waals surface area contributed by atoms with Crippen LogP contribution in [0.25, 0.3) is 0 Å². The van der Waals surface area contributed by atoms with Gasteiger partial charge in [-0.1, -0.05) is 18.2 Å². The van der Waals surface area contributed by atoms with E-state index in [1.165, 1.54) is 10.7 Å². The van der Waals surface area contributed by atoms with Gasteiger partial charge in [0.15, 0.2) is 0 Å². The Labute approximate surface area is 110 Å². The molecule has 0 bridgehead atoms. The number of nitrogens with zero attached hydrogens (tertiary/aromatic N) is 2. The number of rotatable bonds is 5. The van der Waals surface area contributed by atoms with E-state index in [-0.39, 0.29) is 18.2 Å². The van der Waals surface area contributed by atoms with Crippen LogP contribution in [0.5, 0.6) is 5.88 Å². The SMILES string of the molecule is CCOc1cc(C(=N)N)nn1Cc1ccccc1F. The fourth-order valence-electron chi connectivity index (χ4n) is 1.70. The zero-order valence-corrected chi connectivity index (χ0v) is 10.6. The first-order chi connectivity index (χ1) is 9.11. The first kappa shape index (κ1) is 13.1. The van der Waals surface area contributed by atoms with Crippen molar-refractivity contribution in [3.05, 3.63) is 47.4 Å². The van der Waals surface area contributed by atoms with Gasteiger partial charge < -0.3 is 10.5 Å². The Kier molecular flexibility index (Phi) is 3.79. The van der Waals surface area contributed by atoms with Crippen molar-refractivity contribution in [2.75, 3.05) is 6.61 Å². The lowest BCUT2D eigenvalue weighted by Gasteiger charge is -2.08. The quantitative estimate of drug-likeness (QED) is 0.636. The summed E-state index contributed by atoms with van der Waals surface area (Å²) < 4.78 is 20.5. The molecule has 2 rings (SSSR count). The summed E-state index contributed by atoms with van der Waals surface area (Å²) in [6, 6.07) is 8.04. The van der Waals surface area contributed by atoms with Gasteiger partial charge in [-0.25, -0.2) is 9.07 Å². The summed E-state index contributed by atoms with van der Waals surface area (Å²) in [7, 11) is 0. The van der Waals surface area contributed by atoms with E-state index in [0.717, 1.165) is 0 Å². The molecule has 0 amide bonds. The monoisotopic (exact) mass is 262 g/mol. The average Bonchev–Trinajstić information content (AvgIpc) is 2.76. The minimum absolute atomic E-state index is 0.145. The van der Waals surface area contributed by atoms with Gasteiger partial charge in [-0.2, -0.15) is 5.10 Å². The summed E-state index contributed by atoms with van der Waals surface area (Å²) in [6.45, 7) is 2.53. The van der Waals surface area contributed by atoms with Crippen LogP contribution in [-0.4, -0.2) is 22.2 Å². The largest absolute Gasteiger partial charge is 0.478 e. The number of nitrogen functional groups attached to an aromatic ring is 1. The van der Waals surface area contributed by atoms with Crippen LogP contribution in [-0.2, 0) is 6.54 Å². The molecule has 0 aliphatic rings. The third-order valence-electron chi connectivity index (χ3n) is 2.59. The van der Waals surface area contributed by atoms with Crippen LogP contribution in [0, 0.1) is 11.2 Å². The summed E-state index contributed by atoms with van der Waals surface area (Å²) >= 11 is 0. The van der Waals surface area contributed by atoms with Crippen LogP contribution in [0.15, 0.2) is 30.3 Å². The Morgan fingerprint density at radius 2 is 2.21 bits per heavy atom. The molecule has 1 aromatic heterocycles.